The lowest BCUT2D eigenvalue weighted by Crippen LogP contribution is -2.47. The number of nitrogens with one attached hydrogen (secondary N) is 2. The predicted molar refractivity (Wildman–Crippen MR) is 159 cm³/mol. The van der Waals surface area contributed by atoms with Gasteiger partial charge in [0.15, 0.2) is 5.78 Å². The van der Waals surface area contributed by atoms with Crippen LogP contribution in [0.4, 0.5) is 21.5 Å². The molecule has 1 aromatic heterocycles. The standard InChI is InChI=1S/C33H29FN4O4/c1-20(39)23-4-2-5-27(15-23)35-33(42)24-10-13-30(28(16-24)36-32(41)22-8-11-26(34)12-9-22)37-17-21-14-25(19-37)29-6-3-7-31(40)38(29)18-21/h2-13,15-16,21,25H,14,17-19H2,1H3,(H,35,42)(H,36,41)/t21-,25+/m1/s1. The Bertz CT molecular complexity index is 1760. The molecule has 1 saturated heterocycles. The third-order valence-corrected chi connectivity index (χ3v) is 7.96. The summed E-state index contributed by atoms with van der Waals surface area (Å²) in [5, 5.41) is 5.77. The molecule has 3 heterocycles. The molecule has 1 fully saturated rings. The van der Waals surface area contributed by atoms with Crippen molar-refractivity contribution >= 4 is 34.7 Å². The van der Waals surface area contributed by atoms with Crippen LogP contribution in [0.1, 0.15) is 56.0 Å². The highest BCUT2D eigenvalue weighted by Crippen LogP contribution is 2.39. The molecule has 0 unspecified atom stereocenters. The summed E-state index contributed by atoms with van der Waals surface area (Å²) in [6.07, 6.45) is 0.969. The van der Waals surface area contributed by atoms with E-state index in [9.17, 15) is 23.6 Å². The largest absolute Gasteiger partial charge is 0.369 e. The van der Waals surface area contributed by atoms with Crippen LogP contribution in [0, 0.1) is 11.7 Å². The number of rotatable bonds is 6. The first-order valence-electron chi connectivity index (χ1n) is 13.8. The van der Waals surface area contributed by atoms with Gasteiger partial charge in [0.25, 0.3) is 17.4 Å². The number of fused-ring (bicyclic) bond motifs is 4. The smallest absolute Gasteiger partial charge is 0.255 e. The molecule has 2 bridgehead atoms. The maximum atomic E-state index is 13.5. The van der Waals surface area contributed by atoms with Crippen LogP contribution in [0.15, 0.2) is 89.7 Å². The van der Waals surface area contributed by atoms with E-state index >= 15 is 0 Å². The van der Waals surface area contributed by atoms with Crippen LogP contribution in [-0.2, 0) is 6.54 Å². The second-order valence-corrected chi connectivity index (χ2v) is 10.9. The van der Waals surface area contributed by atoms with Crippen molar-refractivity contribution in [2.75, 3.05) is 28.6 Å². The fourth-order valence-electron chi connectivity index (χ4n) is 5.96. The maximum absolute atomic E-state index is 13.5. The summed E-state index contributed by atoms with van der Waals surface area (Å²) in [6.45, 7) is 3.41. The molecule has 0 radical (unpaired) electrons. The van der Waals surface area contributed by atoms with E-state index in [1.807, 2.05) is 16.7 Å². The number of anilines is 3. The first kappa shape index (κ1) is 27.1. The van der Waals surface area contributed by atoms with Crippen molar-refractivity contribution in [1.29, 1.82) is 0 Å². The van der Waals surface area contributed by atoms with E-state index in [0.717, 1.165) is 17.8 Å². The molecule has 0 saturated carbocycles. The SMILES string of the molecule is CC(=O)c1cccc(NC(=O)c2ccc(N3C[C@H]4C[C@@H](C3)c3cccc(=O)n3C4)c(NC(=O)c3ccc(F)cc3)c2)c1. The number of halogens is 1. The lowest BCUT2D eigenvalue weighted by molar-refractivity contribution is 0.101. The van der Waals surface area contributed by atoms with Gasteiger partial charge >= 0.3 is 0 Å². The number of pyridine rings is 1. The highest BCUT2D eigenvalue weighted by Gasteiger charge is 2.35. The highest BCUT2D eigenvalue weighted by atomic mass is 19.1. The van der Waals surface area contributed by atoms with E-state index in [-0.39, 0.29) is 28.7 Å². The first-order valence-corrected chi connectivity index (χ1v) is 13.8. The van der Waals surface area contributed by atoms with E-state index in [2.05, 4.69) is 15.5 Å². The summed E-state index contributed by atoms with van der Waals surface area (Å²) in [5.41, 5.74) is 3.76. The van der Waals surface area contributed by atoms with Crippen LogP contribution >= 0.6 is 0 Å². The number of carbonyl (C=O) groups excluding carboxylic acids is 3. The van der Waals surface area contributed by atoms with Crippen LogP contribution in [0.5, 0.6) is 0 Å². The van der Waals surface area contributed by atoms with Crippen LogP contribution in [0.3, 0.4) is 0 Å². The molecule has 42 heavy (non-hydrogen) atoms. The molecule has 212 valence electrons. The maximum Gasteiger partial charge on any atom is 0.255 e. The number of amides is 2. The normalized spacial score (nSPS) is 17.2. The van der Waals surface area contributed by atoms with Crippen molar-refractivity contribution in [2.45, 2.75) is 25.8 Å². The summed E-state index contributed by atoms with van der Waals surface area (Å²) >= 11 is 0. The van der Waals surface area contributed by atoms with Gasteiger partial charge < -0.3 is 20.1 Å². The van der Waals surface area contributed by atoms with Crippen LogP contribution in [0.2, 0.25) is 0 Å². The molecule has 2 N–H and O–H groups in total. The molecule has 2 aliphatic heterocycles. The lowest BCUT2D eigenvalue weighted by Gasteiger charge is -2.44. The number of hydrogen-bond acceptors (Lipinski definition) is 5. The highest BCUT2D eigenvalue weighted by molar-refractivity contribution is 6.09. The van der Waals surface area contributed by atoms with Crippen molar-refractivity contribution in [3.63, 3.8) is 0 Å². The van der Waals surface area contributed by atoms with Crippen molar-refractivity contribution in [2.24, 2.45) is 5.92 Å². The number of carbonyl (C=O) groups is 3. The van der Waals surface area contributed by atoms with E-state index in [1.54, 1.807) is 48.5 Å². The Kier molecular flexibility index (Phi) is 7.16. The van der Waals surface area contributed by atoms with Gasteiger partial charge in [0.05, 0.1) is 11.4 Å². The van der Waals surface area contributed by atoms with E-state index in [1.165, 1.54) is 31.2 Å². The minimum atomic E-state index is -0.445. The lowest BCUT2D eigenvalue weighted by atomic mass is 9.83. The van der Waals surface area contributed by atoms with Gasteiger partial charge in [0.2, 0.25) is 0 Å². The topological polar surface area (TPSA) is 101 Å². The van der Waals surface area contributed by atoms with Gasteiger partial charge in [-0.1, -0.05) is 18.2 Å². The van der Waals surface area contributed by atoms with E-state index in [4.69, 9.17) is 0 Å². The van der Waals surface area contributed by atoms with Crippen molar-refractivity contribution in [3.05, 3.63) is 123 Å². The van der Waals surface area contributed by atoms with Crippen molar-refractivity contribution < 1.29 is 18.8 Å². The molecule has 6 rings (SSSR count). The summed E-state index contributed by atoms with van der Waals surface area (Å²) in [6, 6.07) is 22.5. The number of piperidine rings is 1. The number of nitrogens with zero attached hydrogens (tertiary/aromatic N) is 2. The Labute approximate surface area is 241 Å². The van der Waals surface area contributed by atoms with Gasteiger partial charge in [0.1, 0.15) is 5.82 Å². The summed E-state index contributed by atoms with van der Waals surface area (Å²) in [7, 11) is 0. The van der Waals surface area contributed by atoms with Crippen LogP contribution < -0.4 is 21.1 Å². The fourth-order valence-corrected chi connectivity index (χ4v) is 5.96. The van der Waals surface area contributed by atoms with Crippen LogP contribution in [0.25, 0.3) is 0 Å². The van der Waals surface area contributed by atoms with Gasteiger partial charge in [-0.3, -0.25) is 19.2 Å². The molecule has 4 aromatic rings. The number of Topliss-reactive ketones (excluding diaryl/α,β-unsaturated/α-hetero) is 1. The van der Waals surface area contributed by atoms with E-state index < -0.39 is 17.6 Å². The first-order chi connectivity index (χ1) is 20.2. The Balaban J connectivity index is 1.32. The molecule has 2 amide bonds. The zero-order chi connectivity index (χ0) is 29.4. The monoisotopic (exact) mass is 564 g/mol. The number of hydrogen-bond donors (Lipinski definition) is 2. The average Bonchev–Trinajstić information content (AvgIpc) is 2.98. The van der Waals surface area contributed by atoms with Gasteiger partial charge in [-0.25, -0.2) is 4.39 Å². The minimum absolute atomic E-state index is 0.00658. The van der Waals surface area contributed by atoms with Crippen molar-refractivity contribution in [3.8, 4) is 0 Å². The Morgan fingerprint density at radius 1 is 0.786 bits per heavy atom. The molecule has 0 aliphatic carbocycles. The molecule has 2 atom stereocenters. The third kappa shape index (κ3) is 5.45. The second-order valence-electron chi connectivity index (χ2n) is 10.9. The fraction of sp³-hybridized carbons (Fsp3) is 0.212. The summed E-state index contributed by atoms with van der Waals surface area (Å²) < 4.78 is 15.4. The zero-order valence-corrected chi connectivity index (χ0v) is 23.0. The number of benzene rings is 3. The molecule has 3 aromatic carbocycles. The number of ketones is 1. The van der Waals surface area contributed by atoms with E-state index in [0.29, 0.717) is 42.1 Å². The van der Waals surface area contributed by atoms with Gasteiger partial charge in [0, 0.05) is 59.7 Å². The molecule has 0 spiro atoms. The quantitative estimate of drug-likeness (QED) is 0.309. The summed E-state index contributed by atoms with van der Waals surface area (Å²) in [4.78, 5) is 52.9. The van der Waals surface area contributed by atoms with Crippen molar-refractivity contribution in [1.82, 2.24) is 4.57 Å². The number of aromatic nitrogens is 1. The summed E-state index contributed by atoms with van der Waals surface area (Å²) in [5.74, 6) is -1.00. The molecule has 2 aliphatic rings. The third-order valence-electron chi connectivity index (χ3n) is 7.96. The van der Waals surface area contributed by atoms with Gasteiger partial charge in [-0.15, -0.1) is 0 Å². The van der Waals surface area contributed by atoms with Gasteiger partial charge in [-0.2, -0.15) is 0 Å². The Morgan fingerprint density at radius 3 is 2.31 bits per heavy atom. The Morgan fingerprint density at radius 2 is 1.52 bits per heavy atom. The van der Waals surface area contributed by atoms with Crippen LogP contribution in [-0.4, -0.2) is 35.3 Å². The zero-order valence-electron chi connectivity index (χ0n) is 23.0. The van der Waals surface area contributed by atoms with Gasteiger partial charge in [-0.05, 0) is 79.9 Å². The second kappa shape index (κ2) is 11.1. The minimum Gasteiger partial charge on any atom is -0.369 e. The Hall–Kier alpha value is -5.05. The molecule has 8 nitrogen and oxygen atoms in total. The molecular weight excluding hydrogens is 535 g/mol. The molecule has 9 heteroatoms. The predicted octanol–water partition coefficient (Wildman–Crippen LogP) is 5.32. The average molecular weight is 565 g/mol. The molecular formula is C33H29FN4O4.